The van der Waals surface area contributed by atoms with Crippen molar-refractivity contribution in [2.75, 3.05) is 26.2 Å². The van der Waals surface area contributed by atoms with Crippen LogP contribution in [0, 0.1) is 11.6 Å². The summed E-state index contributed by atoms with van der Waals surface area (Å²) in [5.41, 5.74) is 0.515. The van der Waals surface area contributed by atoms with Crippen molar-refractivity contribution in [2.45, 2.75) is 4.90 Å². The van der Waals surface area contributed by atoms with Crippen LogP contribution in [0.1, 0.15) is 10.5 Å². The molecule has 0 N–H and O–H groups in total. The first-order chi connectivity index (χ1) is 11.8. The Bertz CT molecular complexity index is 903. The number of sulfonamides is 1. The second-order valence-electron chi connectivity index (χ2n) is 5.78. The number of hydrogen-bond acceptors (Lipinski definition) is 3. The van der Waals surface area contributed by atoms with Crippen LogP contribution < -0.4 is 0 Å². The van der Waals surface area contributed by atoms with E-state index in [0.717, 1.165) is 16.4 Å². The van der Waals surface area contributed by atoms with Crippen molar-refractivity contribution < 1.29 is 22.0 Å². The maximum atomic E-state index is 13.8. The standard InChI is InChI=1S/C16H17F2N3O3S/c1-19-6-2-3-14(19)16(22)20-7-9-21(10-8-20)25(23,24)15-5-4-12(17)11-13(15)18/h2-6,11H,7-10H2,1H3. The molecule has 1 aromatic carbocycles. The van der Waals surface area contributed by atoms with E-state index >= 15 is 0 Å². The van der Waals surface area contributed by atoms with Crippen LogP contribution in [0.5, 0.6) is 0 Å². The van der Waals surface area contributed by atoms with Crippen molar-refractivity contribution in [2.24, 2.45) is 7.05 Å². The van der Waals surface area contributed by atoms with E-state index < -0.39 is 26.6 Å². The van der Waals surface area contributed by atoms with E-state index in [4.69, 9.17) is 0 Å². The third kappa shape index (κ3) is 3.29. The molecule has 0 atom stereocenters. The summed E-state index contributed by atoms with van der Waals surface area (Å²) in [5, 5.41) is 0. The largest absolute Gasteiger partial charge is 0.347 e. The lowest BCUT2D eigenvalue weighted by atomic mass is 10.3. The molecule has 1 aliphatic heterocycles. The molecule has 1 aliphatic rings. The normalized spacial score (nSPS) is 16.2. The first-order valence-electron chi connectivity index (χ1n) is 7.66. The van der Waals surface area contributed by atoms with Crippen molar-refractivity contribution in [3.8, 4) is 0 Å². The number of aromatic nitrogens is 1. The summed E-state index contributed by atoms with van der Waals surface area (Å²) < 4.78 is 54.7. The molecule has 2 heterocycles. The summed E-state index contributed by atoms with van der Waals surface area (Å²) in [6.07, 6.45) is 1.76. The number of nitrogens with zero attached hydrogens (tertiary/aromatic N) is 3. The minimum atomic E-state index is -4.07. The van der Waals surface area contributed by atoms with Gasteiger partial charge in [0, 0.05) is 45.5 Å². The van der Waals surface area contributed by atoms with E-state index in [1.165, 1.54) is 0 Å². The zero-order valence-corrected chi connectivity index (χ0v) is 14.3. The van der Waals surface area contributed by atoms with Gasteiger partial charge in [-0.2, -0.15) is 4.31 Å². The Morgan fingerprint density at radius 3 is 2.32 bits per heavy atom. The monoisotopic (exact) mass is 369 g/mol. The summed E-state index contributed by atoms with van der Waals surface area (Å²) in [6.45, 7) is 0.503. The number of rotatable bonds is 3. The lowest BCUT2D eigenvalue weighted by Gasteiger charge is -2.34. The fourth-order valence-corrected chi connectivity index (χ4v) is 4.27. The summed E-state index contributed by atoms with van der Waals surface area (Å²) in [6, 6.07) is 5.82. The molecular weight excluding hydrogens is 352 g/mol. The van der Waals surface area contributed by atoms with Gasteiger partial charge in [-0.15, -0.1) is 0 Å². The first-order valence-corrected chi connectivity index (χ1v) is 9.10. The average Bonchev–Trinajstić information content (AvgIpc) is 3.00. The maximum Gasteiger partial charge on any atom is 0.270 e. The van der Waals surface area contributed by atoms with Crippen molar-refractivity contribution in [3.05, 3.63) is 53.9 Å². The van der Waals surface area contributed by atoms with Gasteiger partial charge < -0.3 is 9.47 Å². The van der Waals surface area contributed by atoms with E-state index in [1.54, 1.807) is 34.8 Å². The number of hydrogen-bond donors (Lipinski definition) is 0. The Morgan fingerprint density at radius 1 is 1.08 bits per heavy atom. The predicted octanol–water partition coefficient (Wildman–Crippen LogP) is 1.45. The number of benzene rings is 1. The molecule has 0 unspecified atom stereocenters. The molecule has 3 rings (SSSR count). The third-order valence-corrected chi connectivity index (χ3v) is 6.13. The molecule has 0 bridgehead atoms. The highest BCUT2D eigenvalue weighted by Gasteiger charge is 2.32. The van der Waals surface area contributed by atoms with E-state index in [0.29, 0.717) is 11.8 Å². The Kier molecular flexibility index (Phi) is 4.61. The summed E-state index contributed by atoms with van der Waals surface area (Å²) in [4.78, 5) is 13.4. The van der Waals surface area contributed by atoms with Crippen molar-refractivity contribution in [3.63, 3.8) is 0 Å². The van der Waals surface area contributed by atoms with Crippen LogP contribution >= 0.6 is 0 Å². The smallest absolute Gasteiger partial charge is 0.270 e. The molecule has 134 valence electrons. The SMILES string of the molecule is Cn1cccc1C(=O)N1CCN(S(=O)(=O)c2ccc(F)cc2F)CC1. The van der Waals surface area contributed by atoms with Gasteiger partial charge in [-0.25, -0.2) is 17.2 Å². The highest BCUT2D eigenvalue weighted by Crippen LogP contribution is 2.22. The van der Waals surface area contributed by atoms with Gasteiger partial charge in [0.1, 0.15) is 22.2 Å². The van der Waals surface area contributed by atoms with Crippen molar-refractivity contribution >= 4 is 15.9 Å². The van der Waals surface area contributed by atoms with Gasteiger partial charge in [-0.1, -0.05) is 0 Å². The fourth-order valence-electron chi connectivity index (χ4n) is 2.80. The van der Waals surface area contributed by atoms with Crippen LogP contribution in [-0.2, 0) is 17.1 Å². The van der Waals surface area contributed by atoms with Crippen molar-refractivity contribution in [1.82, 2.24) is 13.8 Å². The number of carbonyl (C=O) groups excluding carboxylic acids is 1. The summed E-state index contributed by atoms with van der Waals surface area (Å²) in [5.74, 6) is -2.14. The number of carbonyl (C=O) groups is 1. The van der Waals surface area contributed by atoms with Crippen LogP contribution in [0.4, 0.5) is 8.78 Å². The minimum absolute atomic E-state index is 0.0509. The van der Waals surface area contributed by atoms with Crippen LogP contribution in [0.25, 0.3) is 0 Å². The van der Waals surface area contributed by atoms with Crippen LogP contribution in [0.3, 0.4) is 0 Å². The van der Waals surface area contributed by atoms with Crippen LogP contribution in [0.15, 0.2) is 41.4 Å². The Morgan fingerprint density at radius 2 is 1.76 bits per heavy atom. The third-order valence-electron chi connectivity index (χ3n) is 4.20. The van der Waals surface area contributed by atoms with Gasteiger partial charge in [-0.05, 0) is 24.3 Å². The van der Waals surface area contributed by atoms with Crippen LogP contribution in [0.2, 0.25) is 0 Å². The van der Waals surface area contributed by atoms with E-state index in [2.05, 4.69) is 0 Å². The second-order valence-corrected chi connectivity index (χ2v) is 7.68. The number of halogens is 2. The molecule has 1 amide bonds. The second kappa shape index (κ2) is 6.57. The summed E-state index contributed by atoms with van der Waals surface area (Å²) in [7, 11) is -2.32. The van der Waals surface area contributed by atoms with E-state index in [9.17, 15) is 22.0 Å². The molecule has 0 spiro atoms. The first kappa shape index (κ1) is 17.6. The quantitative estimate of drug-likeness (QED) is 0.823. The highest BCUT2D eigenvalue weighted by atomic mass is 32.2. The van der Waals surface area contributed by atoms with E-state index in [1.807, 2.05) is 0 Å². The molecular formula is C16H17F2N3O3S. The predicted molar refractivity (Wildman–Crippen MR) is 86.4 cm³/mol. The molecule has 0 aliphatic carbocycles. The molecule has 2 aromatic rings. The molecule has 25 heavy (non-hydrogen) atoms. The maximum absolute atomic E-state index is 13.8. The molecule has 1 aromatic heterocycles. The lowest BCUT2D eigenvalue weighted by molar-refractivity contribution is 0.0688. The lowest BCUT2D eigenvalue weighted by Crippen LogP contribution is -2.50. The average molecular weight is 369 g/mol. The zero-order chi connectivity index (χ0) is 18.2. The minimum Gasteiger partial charge on any atom is -0.347 e. The molecule has 6 nitrogen and oxygen atoms in total. The molecule has 9 heteroatoms. The number of aryl methyl sites for hydroxylation is 1. The highest BCUT2D eigenvalue weighted by molar-refractivity contribution is 7.89. The number of piperazine rings is 1. The molecule has 0 radical (unpaired) electrons. The van der Waals surface area contributed by atoms with Gasteiger partial charge in [0.15, 0.2) is 0 Å². The fraction of sp³-hybridized carbons (Fsp3) is 0.312. The van der Waals surface area contributed by atoms with E-state index in [-0.39, 0.29) is 32.1 Å². The van der Waals surface area contributed by atoms with Crippen LogP contribution in [-0.4, -0.2) is 54.3 Å². The Labute approximate surface area is 144 Å². The Balaban J connectivity index is 1.73. The molecule has 1 saturated heterocycles. The topological polar surface area (TPSA) is 62.6 Å². The van der Waals surface area contributed by atoms with Gasteiger partial charge in [-0.3, -0.25) is 4.79 Å². The molecule has 0 saturated carbocycles. The van der Waals surface area contributed by atoms with Gasteiger partial charge in [0.25, 0.3) is 5.91 Å². The van der Waals surface area contributed by atoms with Crippen molar-refractivity contribution in [1.29, 1.82) is 0 Å². The van der Waals surface area contributed by atoms with Gasteiger partial charge in [0.05, 0.1) is 0 Å². The number of amides is 1. The van der Waals surface area contributed by atoms with Gasteiger partial charge >= 0.3 is 0 Å². The Hall–Kier alpha value is -2.26. The zero-order valence-electron chi connectivity index (χ0n) is 13.5. The van der Waals surface area contributed by atoms with Gasteiger partial charge in [0.2, 0.25) is 10.0 Å². The summed E-state index contributed by atoms with van der Waals surface area (Å²) >= 11 is 0. The molecule has 1 fully saturated rings.